The SMILES string of the molecule is CCc1nc(N2CCOCC2)sc1C(N)=S. The first kappa shape index (κ1) is 11.8. The number of thiocarbonyl (C=S) groups is 1. The van der Waals surface area contributed by atoms with Crippen LogP contribution in [-0.4, -0.2) is 36.3 Å². The van der Waals surface area contributed by atoms with Crippen molar-refractivity contribution < 1.29 is 4.74 Å². The summed E-state index contributed by atoms with van der Waals surface area (Å²) in [5.41, 5.74) is 6.70. The van der Waals surface area contributed by atoms with Gasteiger partial charge in [-0.2, -0.15) is 0 Å². The predicted molar refractivity (Wildman–Crippen MR) is 70.4 cm³/mol. The number of nitrogens with zero attached hydrogens (tertiary/aromatic N) is 2. The lowest BCUT2D eigenvalue weighted by molar-refractivity contribution is 0.122. The number of aromatic nitrogens is 1. The van der Waals surface area contributed by atoms with E-state index in [0.717, 1.165) is 48.4 Å². The third kappa shape index (κ3) is 2.34. The van der Waals surface area contributed by atoms with Gasteiger partial charge in [0.25, 0.3) is 0 Å². The smallest absolute Gasteiger partial charge is 0.186 e. The Morgan fingerprint density at radius 1 is 1.56 bits per heavy atom. The quantitative estimate of drug-likeness (QED) is 0.824. The summed E-state index contributed by atoms with van der Waals surface area (Å²) in [5, 5.41) is 1.02. The van der Waals surface area contributed by atoms with Crippen LogP contribution in [0.15, 0.2) is 0 Å². The summed E-state index contributed by atoms with van der Waals surface area (Å²) in [6, 6.07) is 0. The van der Waals surface area contributed by atoms with Crippen LogP contribution in [0.1, 0.15) is 17.5 Å². The molecule has 2 rings (SSSR count). The Morgan fingerprint density at radius 2 is 2.25 bits per heavy atom. The second-order valence-electron chi connectivity index (χ2n) is 3.59. The van der Waals surface area contributed by atoms with Crippen LogP contribution in [0, 0.1) is 0 Å². The number of morpholine rings is 1. The number of ether oxygens (including phenoxy) is 1. The molecule has 1 saturated heterocycles. The van der Waals surface area contributed by atoms with Gasteiger partial charge in [-0.3, -0.25) is 0 Å². The molecule has 16 heavy (non-hydrogen) atoms. The van der Waals surface area contributed by atoms with Gasteiger partial charge < -0.3 is 15.4 Å². The van der Waals surface area contributed by atoms with E-state index in [-0.39, 0.29) is 0 Å². The number of aryl methyl sites for hydroxylation is 1. The molecule has 1 aliphatic heterocycles. The van der Waals surface area contributed by atoms with Crippen molar-refractivity contribution in [3.05, 3.63) is 10.6 Å². The molecule has 0 unspecified atom stereocenters. The van der Waals surface area contributed by atoms with Gasteiger partial charge in [-0.25, -0.2) is 4.98 Å². The summed E-state index contributed by atoms with van der Waals surface area (Å²) >= 11 is 6.63. The number of hydrogen-bond donors (Lipinski definition) is 1. The minimum absolute atomic E-state index is 0.453. The van der Waals surface area contributed by atoms with Crippen molar-refractivity contribution >= 4 is 33.7 Å². The van der Waals surface area contributed by atoms with E-state index < -0.39 is 0 Å². The minimum atomic E-state index is 0.453. The zero-order valence-electron chi connectivity index (χ0n) is 9.23. The third-order valence-corrected chi connectivity index (χ3v) is 4.05. The van der Waals surface area contributed by atoms with Crippen LogP contribution in [0.2, 0.25) is 0 Å². The molecular weight excluding hydrogens is 242 g/mol. The molecule has 0 amide bonds. The van der Waals surface area contributed by atoms with E-state index in [1.54, 1.807) is 11.3 Å². The molecule has 0 atom stereocenters. The molecule has 0 aliphatic carbocycles. The predicted octanol–water partition coefficient (Wildman–Crippen LogP) is 1.18. The lowest BCUT2D eigenvalue weighted by atomic mass is 10.3. The molecule has 1 aliphatic rings. The van der Waals surface area contributed by atoms with Crippen LogP contribution in [0.3, 0.4) is 0 Å². The van der Waals surface area contributed by atoms with E-state index in [0.29, 0.717) is 4.99 Å². The highest BCUT2D eigenvalue weighted by atomic mass is 32.1. The average Bonchev–Trinajstić information content (AvgIpc) is 2.74. The highest BCUT2D eigenvalue weighted by Crippen LogP contribution is 2.27. The van der Waals surface area contributed by atoms with E-state index in [2.05, 4.69) is 16.8 Å². The highest BCUT2D eigenvalue weighted by Gasteiger charge is 2.18. The maximum atomic E-state index is 5.69. The standard InChI is InChI=1S/C10H15N3OS2/c1-2-7-8(9(11)15)16-10(12-7)13-3-5-14-6-4-13/h2-6H2,1H3,(H2,11,15). The summed E-state index contributed by atoms with van der Waals surface area (Å²) in [7, 11) is 0. The van der Waals surface area contributed by atoms with Gasteiger partial charge in [0.15, 0.2) is 5.13 Å². The molecule has 6 heteroatoms. The first-order valence-electron chi connectivity index (χ1n) is 5.34. The van der Waals surface area contributed by atoms with Gasteiger partial charge in [-0.05, 0) is 6.42 Å². The van der Waals surface area contributed by atoms with Crippen LogP contribution in [-0.2, 0) is 11.2 Å². The van der Waals surface area contributed by atoms with Crippen molar-refractivity contribution in [2.75, 3.05) is 31.2 Å². The molecule has 2 N–H and O–H groups in total. The van der Waals surface area contributed by atoms with Gasteiger partial charge in [0.05, 0.1) is 23.8 Å². The summed E-state index contributed by atoms with van der Waals surface area (Å²) in [4.78, 5) is 8.24. The molecule has 2 heterocycles. The Balaban J connectivity index is 2.24. The number of anilines is 1. The van der Waals surface area contributed by atoms with E-state index in [4.69, 9.17) is 22.7 Å². The first-order valence-corrected chi connectivity index (χ1v) is 6.57. The van der Waals surface area contributed by atoms with Gasteiger partial charge in [-0.15, -0.1) is 0 Å². The maximum Gasteiger partial charge on any atom is 0.186 e. The second kappa shape index (κ2) is 5.07. The Kier molecular flexibility index (Phi) is 3.73. The molecule has 0 spiro atoms. The Morgan fingerprint density at radius 3 is 2.75 bits per heavy atom. The van der Waals surface area contributed by atoms with Crippen LogP contribution < -0.4 is 10.6 Å². The normalized spacial score (nSPS) is 16.4. The molecular formula is C10H15N3OS2. The topological polar surface area (TPSA) is 51.4 Å². The summed E-state index contributed by atoms with van der Waals surface area (Å²) < 4.78 is 5.32. The van der Waals surface area contributed by atoms with E-state index in [1.807, 2.05) is 0 Å². The molecule has 1 aromatic heterocycles. The molecule has 4 nitrogen and oxygen atoms in total. The van der Waals surface area contributed by atoms with Crippen LogP contribution in [0.4, 0.5) is 5.13 Å². The Hall–Kier alpha value is -0.720. The fourth-order valence-electron chi connectivity index (χ4n) is 1.66. The summed E-state index contributed by atoms with van der Waals surface area (Å²) in [6.07, 6.45) is 0.869. The Labute approximate surface area is 104 Å². The molecule has 1 aromatic rings. The van der Waals surface area contributed by atoms with Crippen molar-refractivity contribution in [3.8, 4) is 0 Å². The molecule has 88 valence electrons. The van der Waals surface area contributed by atoms with Crippen molar-refractivity contribution in [2.24, 2.45) is 5.73 Å². The lowest BCUT2D eigenvalue weighted by Crippen LogP contribution is -2.36. The third-order valence-electron chi connectivity index (χ3n) is 2.53. The fourth-order valence-corrected chi connectivity index (χ4v) is 2.96. The van der Waals surface area contributed by atoms with Crippen LogP contribution in [0.5, 0.6) is 0 Å². The second-order valence-corrected chi connectivity index (χ2v) is 5.01. The summed E-state index contributed by atoms with van der Waals surface area (Å²) in [5.74, 6) is 0. The van der Waals surface area contributed by atoms with Crippen molar-refractivity contribution in [1.82, 2.24) is 4.98 Å². The van der Waals surface area contributed by atoms with Gasteiger partial charge in [0.1, 0.15) is 4.99 Å². The highest BCUT2D eigenvalue weighted by molar-refractivity contribution is 7.81. The van der Waals surface area contributed by atoms with E-state index >= 15 is 0 Å². The number of nitrogens with two attached hydrogens (primary N) is 1. The molecule has 0 saturated carbocycles. The average molecular weight is 257 g/mol. The van der Waals surface area contributed by atoms with Crippen molar-refractivity contribution in [1.29, 1.82) is 0 Å². The first-order chi connectivity index (χ1) is 7.72. The van der Waals surface area contributed by atoms with E-state index in [9.17, 15) is 0 Å². The molecule has 0 aromatic carbocycles. The molecule has 0 bridgehead atoms. The zero-order chi connectivity index (χ0) is 11.5. The fraction of sp³-hybridized carbons (Fsp3) is 0.600. The number of thiazole rings is 1. The molecule has 0 radical (unpaired) electrons. The van der Waals surface area contributed by atoms with Gasteiger partial charge in [0, 0.05) is 13.1 Å². The van der Waals surface area contributed by atoms with Gasteiger partial charge >= 0.3 is 0 Å². The molecule has 1 fully saturated rings. The number of hydrogen-bond acceptors (Lipinski definition) is 5. The van der Waals surface area contributed by atoms with Crippen LogP contribution >= 0.6 is 23.6 Å². The largest absolute Gasteiger partial charge is 0.389 e. The van der Waals surface area contributed by atoms with Crippen molar-refractivity contribution in [2.45, 2.75) is 13.3 Å². The van der Waals surface area contributed by atoms with Gasteiger partial charge in [0.2, 0.25) is 0 Å². The van der Waals surface area contributed by atoms with E-state index in [1.165, 1.54) is 0 Å². The zero-order valence-corrected chi connectivity index (χ0v) is 10.9. The minimum Gasteiger partial charge on any atom is -0.389 e. The van der Waals surface area contributed by atoms with Crippen LogP contribution in [0.25, 0.3) is 0 Å². The number of rotatable bonds is 3. The lowest BCUT2D eigenvalue weighted by Gasteiger charge is -2.26. The maximum absolute atomic E-state index is 5.69. The monoisotopic (exact) mass is 257 g/mol. The van der Waals surface area contributed by atoms with Crippen molar-refractivity contribution in [3.63, 3.8) is 0 Å². The van der Waals surface area contributed by atoms with Gasteiger partial charge in [-0.1, -0.05) is 30.5 Å². The Bertz CT molecular complexity index is 385. The summed E-state index contributed by atoms with van der Waals surface area (Å²) in [6.45, 7) is 5.40.